The largest absolute Gasteiger partial charge is 0.300 e. The van der Waals surface area contributed by atoms with Crippen LogP contribution in [0.25, 0.3) is 0 Å². The number of rotatable bonds is 3. The first-order chi connectivity index (χ1) is 6.22. The van der Waals surface area contributed by atoms with Crippen molar-refractivity contribution in [1.29, 1.82) is 0 Å². The number of halogens is 2. The van der Waals surface area contributed by atoms with E-state index in [-0.39, 0.29) is 0 Å². The molecule has 0 amide bonds. The highest BCUT2D eigenvalue weighted by atomic mass is 35.5. The minimum atomic E-state index is -0.820. The Morgan fingerprint density at radius 3 is 2.85 bits per heavy atom. The van der Waals surface area contributed by atoms with Crippen LogP contribution < -0.4 is 0 Å². The molecule has 0 spiro atoms. The summed E-state index contributed by atoms with van der Waals surface area (Å²) in [6.45, 7) is 0. The number of hydrogen-bond donors (Lipinski definition) is 0. The van der Waals surface area contributed by atoms with Crippen LogP contribution in [0.15, 0.2) is 29.3 Å². The minimum absolute atomic E-state index is 0.558. The summed E-state index contributed by atoms with van der Waals surface area (Å²) in [5, 5.41) is 0.626. The number of carbonyl (C=O) groups excluding carboxylic acids is 1. The van der Waals surface area contributed by atoms with Crippen LogP contribution in [-0.4, -0.2) is 18.0 Å². The number of nitrogens with zero attached hydrogens (tertiary/aromatic N) is 1. The number of aliphatic imine (C=N–C) groups is 1. The molecule has 0 aliphatic heterocycles. The van der Waals surface area contributed by atoms with E-state index in [0.717, 1.165) is 5.56 Å². The second-order valence-electron chi connectivity index (χ2n) is 2.34. The van der Waals surface area contributed by atoms with Gasteiger partial charge in [0.25, 0.3) is 0 Å². The molecule has 0 aromatic heterocycles. The number of benzene rings is 1. The van der Waals surface area contributed by atoms with E-state index in [2.05, 4.69) is 4.99 Å². The van der Waals surface area contributed by atoms with E-state index in [1.54, 1.807) is 18.2 Å². The van der Waals surface area contributed by atoms with E-state index >= 15 is 0 Å². The molecule has 68 valence electrons. The predicted molar refractivity (Wildman–Crippen MR) is 54.8 cm³/mol. The maximum absolute atomic E-state index is 10.1. The highest BCUT2D eigenvalue weighted by molar-refractivity contribution is 6.31. The molecule has 0 heterocycles. The molecule has 0 fully saturated rings. The molecule has 4 heteroatoms. The van der Waals surface area contributed by atoms with Gasteiger partial charge in [0, 0.05) is 11.2 Å². The van der Waals surface area contributed by atoms with Gasteiger partial charge in [0.2, 0.25) is 0 Å². The highest BCUT2D eigenvalue weighted by Gasteiger charge is 1.95. The van der Waals surface area contributed by atoms with Crippen LogP contribution in [0.2, 0.25) is 5.02 Å². The smallest absolute Gasteiger partial charge is 0.178 e. The van der Waals surface area contributed by atoms with E-state index in [4.69, 9.17) is 23.2 Å². The van der Waals surface area contributed by atoms with Crippen molar-refractivity contribution in [3.8, 4) is 0 Å². The highest BCUT2D eigenvalue weighted by Crippen LogP contribution is 2.09. The third kappa shape index (κ3) is 3.57. The Labute approximate surface area is 86.2 Å². The van der Waals surface area contributed by atoms with Crippen molar-refractivity contribution in [2.45, 2.75) is 5.50 Å². The third-order valence-corrected chi connectivity index (χ3v) is 1.78. The number of alkyl halides is 1. The van der Waals surface area contributed by atoms with Gasteiger partial charge in [0.15, 0.2) is 11.8 Å². The number of aldehydes is 1. The van der Waals surface area contributed by atoms with Crippen LogP contribution in [0.4, 0.5) is 0 Å². The predicted octanol–water partition coefficient (Wildman–Crippen LogP) is 2.52. The van der Waals surface area contributed by atoms with Crippen LogP contribution in [0.3, 0.4) is 0 Å². The zero-order chi connectivity index (χ0) is 9.68. The molecular formula is C9H7Cl2NO. The Balaban J connectivity index is 2.74. The average molecular weight is 216 g/mol. The van der Waals surface area contributed by atoms with Gasteiger partial charge in [-0.1, -0.05) is 35.3 Å². The van der Waals surface area contributed by atoms with E-state index in [1.165, 1.54) is 6.21 Å². The fourth-order valence-corrected chi connectivity index (χ4v) is 1.03. The molecule has 2 nitrogen and oxygen atoms in total. The molecule has 0 bridgehead atoms. The molecule has 0 aliphatic rings. The molecule has 0 N–H and O–H groups in total. The Morgan fingerprint density at radius 1 is 1.46 bits per heavy atom. The van der Waals surface area contributed by atoms with Gasteiger partial charge >= 0.3 is 0 Å². The molecule has 1 unspecified atom stereocenters. The van der Waals surface area contributed by atoms with Crippen molar-refractivity contribution in [1.82, 2.24) is 0 Å². The molecule has 0 aliphatic carbocycles. The Morgan fingerprint density at radius 2 is 2.23 bits per heavy atom. The minimum Gasteiger partial charge on any atom is -0.300 e. The third-order valence-electron chi connectivity index (χ3n) is 1.33. The summed E-state index contributed by atoms with van der Waals surface area (Å²) >= 11 is 11.2. The van der Waals surface area contributed by atoms with Gasteiger partial charge in [0.05, 0.1) is 0 Å². The van der Waals surface area contributed by atoms with Crippen molar-refractivity contribution in [3.63, 3.8) is 0 Å². The molecule has 0 saturated carbocycles. The van der Waals surface area contributed by atoms with Crippen LogP contribution >= 0.6 is 23.2 Å². The summed E-state index contributed by atoms with van der Waals surface area (Å²) in [6.07, 6.45) is 2.07. The van der Waals surface area contributed by atoms with Crippen molar-refractivity contribution < 1.29 is 4.79 Å². The van der Waals surface area contributed by atoms with Gasteiger partial charge in [0.1, 0.15) is 0 Å². The van der Waals surface area contributed by atoms with E-state index in [0.29, 0.717) is 11.3 Å². The topological polar surface area (TPSA) is 29.4 Å². The fraction of sp³-hybridized carbons (Fsp3) is 0.111. The molecular weight excluding hydrogens is 209 g/mol. The number of carbonyl (C=O) groups is 1. The number of hydrogen-bond acceptors (Lipinski definition) is 2. The summed E-state index contributed by atoms with van der Waals surface area (Å²) in [5.74, 6) is 0. The summed E-state index contributed by atoms with van der Waals surface area (Å²) in [4.78, 5) is 13.9. The van der Waals surface area contributed by atoms with Gasteiger partial charge in [-0.05, 0) is 17.7 Å². The van der Waals surface area contributed by atoms with Crippen molar-refractivity contribution in [2.75, 3.05) is 0 Å². The molecule has 0 radical (unpaired) electrons. The first-order valence-electron chi connectivity index (χ1n) is 3.60. The van der Waals surface area contributed by atoms with E-state index in [9.17, 15) is 4.79 Å². The van der Waals surface area contributed by atoms with Crippen LogP contribution in [0.1, 0.15) is 5.56 Å². The maximum Gasteiger partial charge on any atom is 0.178 e. The lowest BCUT2D eigenvalue weighted by Crippen LogP contribution is -1.95. The summed E-state index contributed by atoms with van der Waals surface area (Å²) in [7, 11) is 0. The van der Waals surface area contributed by atoms with Gasteiger partial charge in [-0.3, -0.25) is 9.79 Å². The van der Waals surface area contributed by atoms with Crippen molar-refractivity contribution >= 4 is 35.7 Å². The lowest BCUT2D eigenvalue weighted by molar-refractivity contribution is -0.107. The van der Waals surface area contributed by atoms with Crippen LogP contribution in [0.5, 0.6) is 0 Å². The van der Waals surface area contributed by atoms with Gasteiger partial charge in [-0.2, -0.15) is 0 Å². The first-order valence-corrected chi connectivity index (χ1v) is 4.42. The Bertz CT molecular complexity index is 325. The lowest BCUT2D eigenvalue weighted by Gasteiger charge is -1.94. The SMILES string of the molecule is O=CC(Cl)N=Cc1cccc(Cl)c1. The van der Waals surface area contributed by atoms with Gasteiger partial charge in [-0.25, -0.2) is 0 Å². The van der Waals surface area contributed by atoms with Crippen LogP contribution in [-0.2, 0) is 4.79 Å². The molecule has 1 aromatic rings. The second kappa shape index (κ2) is 5.00. The molecule has 1 atom stereocenters. The Hall–Kier alpha value is -0.860. The van der Waals surface area contributed by atoms with Gasteiger partial charge < -0.3 is 0 Å². The van der Waals surface area contributed by atoms with Crippen molar-refractivity contribution in [3.05, 3.63) is 34.9 Å². The quantitative estimate of drug-likeness (QED) is 0.330. The lowest BCUT2D eigenvalue weighted by atomic mass is 10.2. The summed E-state index contributed by atoms with van der Waals surface area (Å²) < 4.78 is 0. The second-order valence-corrected chi connectivity index (χ2v) is 3.23. The molecule has 0 saturated heterocycles. The molecule has 1 rings (SSSR count). The zero-order valence-electron chi connectivity index (χ0n) is 6.65. The summed E-state index contributed by atoms with van der Waals surface area (Å²) in [5.41, 5.74) is -0.000943. The zero-order valence-corrected chi connectivity index (χ0v) is 8.16. The maximum atomic E-state index is 10.1. The molecule has 1 aromatic carbocycles. The standard InChI is InChI=1S/C9H7Cl2NO/c10-8-3-1-2-7(4-8)5-12-9(11)6-13/h1-6,9H. The monoisotopic (exact) mass is 215 g/mol. The first kappa shape index (κ1) is 10.2. The summed E-state index contributed by atoms with van der Waals surface area (Å²) in [6, 6.07) is 7.12. The van der Waals surface area contributed by atoms with Crippen LogP contribution in [0, 0.1) is 0 Å². The molecule has 13 heavy (non-hydrogen) atoms. The fourth-order valence-electron chi connectivity index (χ4n) is 0.779. The van der Waals surface area contributed by atoms with Gasteiger partial charge in [-0.15, -0.1) is 0 Å². The van der Waals surface area contributed by atoms with E-state index in [1.807, 2.05) is 6.07 Å². The Kier molecular flexibility index (Phi) is 3.93. The normalized spacial score (nSPS) is 13.1. The van der Waals surface area contributed by atoms with E-state index < -0.39 is 5.50 Å². The average Bonchev–Trinajstić information content (AvgIpc) is 2.14. The van der Waals surface area contributed by atoms with Crippen molar-refractivity contribution in [2.24, 2.45) is 4.99 Å².